The predicted octanol–water partition coefficient (Wildman–Crippen LogP) is 1.37. The van der Waals surface area contributed by atoms with Crippen molar-refractivity contribution in [2.45, 2.75) is 31.8 Å². The van der Waals surface area contributed by atoms with Crippen molar-refractivity contribution in [3.05, 3.63) is 57.6 Å². The summed E-state index contributed by atoms with van der Waals surface area (Å²) in [6, 6.07) is 9.69. The lowest BCUT2D eigenvalue weighted by Crippen LogP contribution is -2.30. The molecule has 0 saturated heterocycles. The fraction of sp³-hybridized carbons (Fsp3) is 0.333. The van der Waals surface area contributed by atoms with Gasteiger partial charge >= 0.3 is 0 Å². The average molecular weight is 270 g/mol. The van der Waals surface area contributed by atoms with E-state index in [0.29, 0.717) is 18.1 Å². The van der Waals surface area contributed by atoms with Gasteiger partial charge in [-0.05, 0) is 17.5 Å². The summed E-state index contributed by atoms with van der Waals surface area (Å²) < 4.78 is 0. The van der Waals surface area contributed by atoms with Gasteiger partial charge in [-0.25, -0.2) is 4.98 Å². The number of aryl methyl sites for hydroxylation is 1. The van der Waals surface area contributed by atoms with E-state index in [1.165, 1.54) is 17.2 Å². The van der Waals surface area contributed by atoms with Crippen LogP contribution in [0.3, 0.4) is 0 Å². The van der Waals surface area contributed by atoms with Crippen molar-refractivity contribution in [1.82, 2.24) is 9.97 Å². The van der Waals surface area contributed by atoms with E-state index < -0.39 is 0 Å². The molecule has 0 amide bonds. The first-order chi connectivity index (χ1) is 9.67. The highest BCUT2D eigenvalue weighted by Gasteiger charge is 2.29. The summed E-state index contributed by atoms with van der Waals surface area (Å²) >= 11 is 0. The molecule has 0 spiro atoms. The number of rotatable bonds is 3. The van der Waals surface area contributed by atoms with Crippen LogP contribution in [0.1, 0.15) is 29.9 Å². The third kappa shape index (κ3) is 2.32. The van der Waals surface area contributed by atoms with Crippen molar-refractivity contribution >= 4 is 5.82 Å². The van der Waals surface area contributed by atoms with Crippen LogP contribution in [0.4, 0.5) is 5.82 Å². The van der Waals surface area contributed by atoms with Gasteiger partial charge in [-0.1, -0.05) is 31.2 Å². The molecule has 2 unspecified atom stereocenters. The first kappa shape index (κ1) is 12.9. The van der Waals surface area contributed by atoms with E-state index in [1.54, 1.807) is 0 Å². The molecule has 20 heavy (non-hydrogen) atoms. The second-order valence-electron chi connectivity index (χ2n) is 5.12. The second kappa shape index (κ2) is 5.09. The summed E-state index contributed by atoms with van der Waals surface area (Å²) in [7, 11) is 0. The molecule has 104 valence electrons. The van der Waals surface area contributed by atoms with E-state index >= 15 is 0 Å². The van der Waals surface area contributed by atoms with Gasteiger partial charge in [-0.15, -0.1) is 0 Å². The maximum absolute atomic E-state index is 11.6. The average Bonchev–Trinajstić information content (AvgIpc) is 2.75. The molecule has 1 heterocycles. The number of hydrogen-bond acceptors (Lipinski definition) is 4. The molecule has 4 N–H and O–H groups in total. The monoisotopic (exact) mass is 270 g/mol. The highest BCUT2D eigenvalue weighted by Crippen LogP contribution is 2.32. The molecule has 2 atom stereocenters. The SMILES string of the molecule is CCc1nc(NC2c3ccccc3CC2N)cc(=O)[nH]1. The molecular formula is C15H18N4O. The number of benzene rings is 1. The number of nitrogens with one attached hydrogen (secondary N) is 2. The Morgan fingerprint density at radius 1 is 1.45 bits per heavy atom. The number of nitrogens with zero attached hydrogens (tertiary/aromatic N) is 1. The van der Waals surface area contributed by atoms with Gasteiger partial charge in [0.25, 0.3) is 5.56 Å². The van der Waals surface area contributed by atoms with E-state index in [1.807, 2.05) is 19.1 Å². The first-order valence-electron chi connectivity index (χ1n) is 6.87. The molecule has 3 rings (SSSR count). The molecule has 1 aromatic carbocycles. The quantitative estimate of drug-likeness (QED) is 0.786. The maximum Gasteiger partial charge on any atom is 0.252 e. The minimum atomic E-state index is -0.140. The van der Waals surface area contributed by atoms with Gasteiger partial charge in [-0.3, -0.25) is 4.79 Å². The van der Waals surface area contributed by atoms with Crippen molar-refractivity contribution in [2.75, 3.05) is 5.32 Å². The van der Waals surface area contributed by atoms with Crippen molar-refractivity contribution in [2.24, 2.45) is 5.73 Å². The summed E-state index contributed by atoms with van der Waals surface area (Å²) in [6.45, 7) is 1.96. The Morgan fingerprint density at radius 2 is 2.25 bits per heavy atom. The predicted molar refractivity (Wildman–Crippen MR) is 78.7 cm³/mol. The molecule has 5 heteroatoms. The van der Waals surface area contributed by atoms with Crippen molar-refractivity contribution in [3.63, 3.8) is 0 Å². The van der Waals surface area contributed by atoms with Crippen molar-refractivity contribution < 1.29 is 0 Å². The first-order valence-corrected chi connectivity index (χ1v) is 6.87. The van der Waals surface area contributed by atoms with Gasteiger partial charge in [-0.2, -0.15) is 0 Å². The summed E-state index contributed by atoms with van der Waals surface area (Å²) in [5, 5.41) is 3.31. The van der Waals surface area contributed by atoms with E-state index in [4.69, 9.17) is 5.73 Å². The number of anilines is 1. The molecular weight excluding hydrogens is 252 g/mol. The van der Waals surface area contributed by atoms with Crippen LogP contribution in [0.15, 0.2) is 35.1 Å². The molecule has 2 aromatic rings. The van der Waals surface area contributed by atoms with Crippen LogP contribution in [0, 0.1) is 0 Å². The van der Waals surface area contributed by atoms with Gasteiger partial charge in [0.15, 0.2) is 0 Å². The molecule has 1 aliphatic rings. The van der Waals surface area contributed by atoms with Gasteiger partial charge in [0, 0.05) is 18.5 Å². The topological polar surface area (TPSA) is 83.8 Å². The van der Waals surface area contributed by atoms with Crippen LogP contribution >= 0.6 is 0 Å². The number of aromatic amines is 1. The highest BCUT2D eigenvalue weighted by atomic mass is 16.1. The van der Waals surface area contributed by atoms with Crippen molar-refractivity contribution in [1.29, 1.82) is 0 Å². The molecule has 0 fully saturated rings. The summed E-state index contributed by atoms with van der Waals surface area (Å²) in [4.78, 5) is 18.7. The Hall–Kier alpha value is -2.14. The van der Waals surface area contributed by atoms with E-state index in [-0.39, 0.29) is 17.6 Å². The van der Waals surface area contributed by atoms with E-state index in [2.05, 4.69) is 27.4 Å². The molecule has 0 aliphatic heterocycles. The molecule has 0 saturated carbocycles. The summed E-state index contributed by atoms with van der Waals surface area (Å²) in [6.07, 6.45) is 1.54. The number of aromatic nitrogens is 2. The zero-order chi connectivity index (χ0) is 14.1. The minimum Gasteiger partial charge on any atom is -0.361 e. The number of nitrogens with two attached hydrogens (primary N) is 1. The van der Waals surface area contributed by atoms with Gasteiger partial charge in [0.2, 0.25) is 0 Å². The van der Waals surface area contributed by atoms with Crippen LogP contribution in [0.5, 0.6) is 0 Å². The lowest BCUT2D eigenvalue weighted by molar-refractivity contribution is 0.622. The van der Waals surface area contributed by atoms with E-state index in [0.717, 1.165) is 6.42 Å². The third-order valence-corrected chi connectivity index (χ3v) is 3.70. The number of hydrogen-bond donors (Lipinski definition) is 3. The van der Waals surface area contributed by atoms with Gasteiger partial charge in [0.1, 0.15) is 11.6 Å². The zero-order valence-electron chi connectivity index (χ0n) is 11.4. The van der Waals surface area contributed by atoms with Crippen LogP contribution in [-0.2, 0) is 12.8 Å². The molecule has 5 nitrogen and oxygen atoms in total. The molecule has 0 bridgehead atoms. The molecule has 1 aromatic heterocycles. The van der Waals surface area contributed by atoms with Crippen LogP contribution in [0.25, 0.3) is 0 Å². The Morgan fingerprint density at radius 3 is 3.05 bits per heavy atom. The lowest BCUT2D eigenvalue weighted by atomic mass is 10.1. The van der Waals surface area contributed by atoms with Crippen LogP contribution in [-0.4, -0.2) is 16.0 Å². The smallest absolute Gasteiger partial charge is 0.252 e. The fourth-order valence-electron chi connectivity index (χ4n) is 2.72. The molecule has 0 radical (unpaired) electrons. The summed E-state index contributed by atoms with van der Waals surface area (Å²) in [5.74, 6) is 1.27. The highest BCUT2D eigenvalue weighted by molar-refractivity contribution is 5.45. The Labute approximate surface area is 117 Å². The zero-order valence-corrected chi connectivity index (χ0v) is 11.4. The number of H-pyrrole nitrogens is 1. The largest absolute Gasteiger partial charge is 0.361 e. The van der Waals surface area contributed by atoms with E-state index in [9.17, 15) is 4.79 Å². The Bertz CT molecular complexity index is 680. The maximum atomic E-state index is 11.6. The fourth-order valence-corrected chi connectivity index (χ4v) is 2.72. The normalized spacial score (nSPS) is 20.7. The second-order valence-corrected chi connectivity index (χ2v) is 5.12. The minimum absolute atomic E-state index is 0.00133. The van der Waals surface area contributed by atoms with Crippen molar-refractivity contribution in [3.8, 4) is 0 Å². The Kier molecular flexibility index (Phi) is 3.28. The van der Waals surface area contributed by atoms with Gasteiger partial charge < -0.3 is 16.0 Å². The van der Waals surface area contributed by atoms with Crippen LogP contribution < -0.4 is 16.6 Å². The molecule has 1 aliphatic carbocycles. The number of fused-ring (bicyclic) bond motifs is 1. The summed E-state index contributed by atoms with van der Waals surface area (Å²) in [5.41, 5.74) is 8.53. The van der Waals surface area contributed by atoms with Crippen LogP contribution in [0.2, 0.25) is 0 Å². The third-order valence-electron chi connectivity index (χ3n) is 3.70. The lowest BCUT2D eigenvalue weighted by Gasteiger charge is -2.19. The Balaban J connectivity index is 1.92. The standard InChI is InChI=1S/C15H18N4O/c1-2-12-17-13(8-14(20)18-12)19-15-10-6-4-3-5-9(10)7-11(15)16/h3-6,8,11,15H,2,7,16H2,1H3,(H2,17,18,19,20). The van der Waals surface area contributed by atoms with Gasteiger partial charge in [0.05, 0.1) is 6.04 Å².